The Hall–Kier alpha value is -0.390. The number of carbonyl (C=O) groups excluding carboxylic acids is 1. The number of thiophene rings is 1. The summed E-state index contributed by atoms with van der Waals surface area (Å²) in [5.74, 6) is -0.635. The largest absolute Gasteiger partial charge is 0.467 e. The van der Waals surface area contributed by atoms with Crippen LogP contribution in [-0.2, 0) is 9.53 Å². The van der Waals surface area contributed by atoms with Crippen LogP contribution in [0.25, 0.3) is 0 Å². The fraction of sp³-hybridized carbons (Fsp3) is 0.286. The third kappa shape index (κ3) is 2.06. The van der Waals surface area contributed by atoms with E-state index >= 15 is 0 Å². The molecule has 3 nitrogen and oxygen atoms in total. The summed E-state index contributed by atoms with van der Waals surface area (Å²) in [6.45, 7) is 0. The quantitative estimate of drug-likeness (QED) is 0.814. The Kier molecular flexibility index (Phi) is 3.25. The van der Waals surface area contributed by atoms with Crippen LogP contribution in [0.1, 0.15) is 11.0 Å². The van der Waals surface area contributed by atoms with Crippen LogP contribution < -0.4 is 0 Å². The Morgan fingerprint density at radius 2 is 2.50 bits per heavy atom. The molecule has 0 unspecified atom stereocenters. The Balaban J connectivity index is 2.77. The van der Waals surface area contributed by atoms with E-state index in [0.717, 1.165) is 4.47 Å². The van der Waals surface area contributed by atoms with Gasteiger partial charge >= 0.3 is 5.97 Å². The van der Waals surface area contributed by atoms with Gasteiger partial charge in [0, 0.05) is 14.7 Å². The second kappa shape index (κ2) is 4.02. The van der Waals surface area contributed by atoms with Crippen molar-refractivity contribution in [2.75, 3.05) is 7.11 Å². The van der Waals surface area contributed by atoms with Gasteiger partial charge < -0.3 is 9.84 Å². The first-order valence-electron chi connectivity index (χ1n) is 3.15. The predicted molar refractivity (Wildman–Crippen MR) is 49.0 cm³/mol. The third-order valence-corrected chi connectivity index (χ3v) is 3.03. The number of ether oxygens (including phenoxy) is 1. The fourth-order valence-corrected chi connectivity index (χ4v) is 2.11. The van der Waals surface area contributed by atoms with Crippen molar-refractivity contribution in [3.05, 3.63) is 20.8 Å². The SMILES string of the molecule is COC(=O)[C@H](O)c1cc(Br)cs1. The van der Waals surface area contributed by atoms with E-state index in [4.69, 9.17) is 0 Å². The minimum atomic E-state index is -1.16. The minimum absolute atomic E-state index is 0.578. The zero-order valence-corrected chi connectivity index (χ0v) is 8.68. The lowest BCUT2D eigenvalue weighted by molar-refractivity contribution is -0.150. The molecule has 0 radical (unpaired) electrons. The molecule has 1 heterocycles. The maximum Gasteiger partial charge on any atom is 0.340 e. The molecule has 0 aliphatic carbocycles. The van der Waals surface area contributed by atoms with E-state index < -0.39 is 12.1 Å². The van der Waals surface area contributed by atoms with Crippen LogP contribution in [0.5, 0.6) is 0 Å². The van der Waals surface area contributed by atoms with E-state index in [0.29, 0.717) is 4.88 Å². The first-order valence-corrected chi connectivity index (χ1v) is 4.82. The van der Waals surface area contributed by atoms with E-state index in [9.17, 15) is 9.90 Å². The maximum absolute atomic E-state index is 10.8. The molecule has 1 N–H and O–H groups in total. The Morgan fingerprint density at radius 3 is 2.92 bits per heavy atom. The molecule has 5 heteroatoms. The summed E-state index contributed by atoms with van der Waals surface area (Å²) in [5, 5.41) is 11.1. The number of halogens is 1. The molecular formula is C7H7BrO3S. The summed E-state index contributed by atoms with van der Waals surface area (Å²) in [4.78, 5) is 11.4. The fourth-order valence-electron chi connectivity index (χ4n) is 0.699. The van der Waals surface area contributed by atoms with E-state index in [1.807, 2.05) is 0 Å². The molecule has 0 saturated carbocycles. The standard InChI is InChI=1S/C7H7BrO3S/c1-11-7(10)6(9)5-2-4(8)3-12-5/h2-3,6,9H,1H3/t6-/m1/s1. The van der Waals surface area contributed by atoms with Crippen molar-refractivity contribution in [3.8, 4) is 0 Å². The zero-order chi connectivity index (χ0) is 9.14. The van der Waals surface area contributed by atoms with Gasteiger partial charge in [0.25, 0.3) is 0 Å². The topological polar surface area (TPSA) is 46.5 Å². The van der Waals surface area contributed by atoms with Crippen molar-refractivity contribution >= 4 is 33.2 Å². The number of aliphatic hydroxyl groups is 1. The highest BCUT2D eigenvalue weighted by atomic mass is 79.9. The average molecular weight is 251 g/mol. The van der Waals surface area contributed by atoms with Crippen molar-refractivity contribution in [2.24, 2.45) is 0 Å². The minimum Gasteiger partial charge on any atom is -0.467 e. The Labute approximate surface area is 82.1 Å². The molecule has 0 aromatic carbocycles. The monoisotopic (exact) mass is 250 g/mol. The van der Waals surface area contributed by atoms with Crippen molar-refractivity contribution in [3.63, 3.8) is 0 Å². The summed E-state index contributed by atoms with van der Waals surface area (Å²) in [6, 6.07) is 1.69. The summed E-state index contributed by atoms with van der Waals surface area (Å²) < 4.78 is 5.23. The summed E-state index contributed by atoms with van der Waals surface area (Å²) in [5.41, 5.74) is 0. The summed E-state index contributed by atoms with van der Waals surface area (Å²) in [7, 11) is 1.24. The van der Waals surface area contributed by atoms with Gasteiger partial charge in [-0.2, -0.15) is 0 Å². The average Bonchev–Trinajstić information content (AvgIpc) is 2.49. The summed E-state index contributed by atoms with van der Waals surface area (Å²) >= 11 is 4.52. The van der Waals surface area contributed by atoms with E-state index in [2.05, 4.69) is 20.7 Å². The van der Waals surface area contributed by atoms with Gasteiger partial charge in [0.1, 0.15) is 0 Å². The molecule has 12 heavy (non-hydrogen) atoms. The number of carbonyl (C=O) groups is 1. The van der Waals surface area contributed by atoms with Crippen molar-refractivity contribution in [2.45, 2.75) is 6.10 Å². The van der Waals surface area contributed by atoms with Crippen molar-refractivity contribution in [1.29, 1.82) is 0 Å². The highest BCUT2D eigenvalue weighted by Crippen LogP contribution is 2.25. The smallest absolute Gasteiger partial charge is 0.340 e. The Morgan fingerprint density at radius 1 is 1.83 bits per heavy atom. The maximum atomic E-state index is 10.8. The molecule has 0 saturated heterocycles. The molecule has 1 rings (SSSR count). The number of hydrogen-bond acceptors (Lipinski definition) is 4. The highest BCUT2D eigenvalue weighted by Gasteiger charge is 2.19. The van der Waals surface area contributed by atoms with Crippen LogP contribution >= 0.6 is 27.3 Å². The molecule has 1 aromatic heterocycles. The van der Waals surface area contributed by atoms with Gasteiger partial charge in [-0.25, -0.2) is 4.79 Å². The highest BCUT2D eigenvalue weighted by molar-refractivity contribution is 9.10. The zero-order valence-electron chi connectivity index (χ0n) is 6.28. The molecule has 0 bridgehead atoms. The molecular weight excluding hydrogens is 244 g/mol. The number of aliphatic hydroxyl groups excluding tert-OH is 1. The lowest BCUT2D eigenvalue weighted by Gasteiger charge is -2.03. The van der Waals surface area contributed by atoms with Crippen LogP contribution in [-0.4, -0.2) is 18.2 Å². The second-order valence-corrected chi connectivity index (χ2v) is 3.95. The van der Waals surface area contributed by atoms with Gasteiger partial charge in [0.15, 0.2) is 6.10 Å². The van der Waals surface area contributed by atoms with Crippen LogP contribution in [0, 0.1) is 0 Å². The Bertz CT molecular complexity index is 284. The van der Waals surface area contributed by atoms with E-state index in [1.54, 1.807) is 11.4 Å². The molecule has 66 valence electrons. The van der Waals surface area contributed by atoms with E-state index in [1.165, 1.54) is 18.4 Å². The molecule has 0 aliphatic heterocycles. The number of methoxy groups -OCH3 is 1. The van der Waals surface area contributed by atoms with Gasteiger partial charge in [0.05, 0.1) is 7.11 Å². The normalized spacial score (nSPS) is 12.6. The molecule has 0 aliphatic rings. The molecule has 0 spiro atoms. The third-order valence-electron chi connectivity index (χ3n) is 1.28. The van der Waals surface area contributed by atoms with Crippen LogP contribution in [0.4, 0.5) is 0 Å². The number of hydrogen-bond donors (Lipinski definition) is 1. The molecule has 1 atom stereocenters. The number of esters is 1. The molecule has 0 fully saturated rings. The first-order chi connectivity index (χ1) is 5.65. The molecule has 1 aromatic rings. The van der Waals surface area contributed by atoms with Gasteiger partial charge in [-0.15, -0.1) is 11.3 Å². The first kappa shape index (κ1) is 9.70. The summed E-state index contributed by atoms with van der Waals surface area (Å²) in [6.07, 6.45) is -1.16. The van der Waals surface area contributed by atoms with Crippen LogP contribution in [0.15, 0.2) is 15.9 Å². The van der Waals surface area contributed by atoms with Crippen LogP contribution in [0.3, 0.4) is 0 Å². The van der Waals surface area contributed by atoms with E-state index in [-0.39, 0.29) is 0 Å². The number of rotatable bonds is 2. The second-order valence-electron chi connectivity index (χ2n) is 2.09. The predicted octanol–water partition coefficient (Wildman–Crippen LogP) is 1.72. The lowest BCUT2D eigenvalue weighted by Crippen LogP contribution is -2.11. The van der Waals surface area contributed by atoms with Gasteiger partial charge in [-0.3, -0.25) is 0 Å². The lowest BCUT2D eigenvalue weighted by atomic mass is 10.3. The molecule has 0 amide bonds. The van der Waals surface area contributed by atoms with Crippen molar-refractivity contribution in [1.82, 2.24) is 0 Å². The van der Waals surface area contributed by atoms with Gasteiger partial charge in [0.2, 0.25) is 0 Å². The van der Waals surface area contributed by atoms with Crippen LogP contribution in [0.2, 0.25) is 0 Å². The van der Waals surface area contributed by atoms with Gasteiger partial charge in [-0.1, -0.05) is 0 Å². The van der Waals surface area contributed by atoms with Crippen molar-refractivity contribution < 1.29 is 14.6 Å². The van der Waals surface area contributed by atoms with Gasteiger partial charge in [-0.05, 0) is 22.0 Å².